The molecular weight excluding hydrogens is 729 g/mol. The van der Waals surface area contributed by atoms with Crippen LogP contribution in [-0.4, -0.2) is 93.5 Å². The summed E-state index contributed by atoms with van der Waals surface area (Å²) in [6.45, 7) is 7.76. The number of rotatable bonds is 21. The predicted molar refractivity (Wildman–Crippen MR) is 216 cm³/mol. The van der Waals surface area contributed by atoms with E-state index in [0.717, 1.165) is 11.1 Å². The Balaban J connectivity index is 1.49. The number of nitrogens with zero attached hydrogens (tertiary/aromatic N) is 2. The van der Waals surface area contributed by atoms with Crippen LogP contribution in [0.4, 0.5) is 0 Å². The van der Waals surface area contributed by atoms with Gasteiger partial charge in [-0.15, -0.1) is 0 Å². The molecule has 7 unspecified atom stereocenters. The quantitative estimate of drug-likeness (QED) is 0.109. The summed E-state index contributed by atoms with van der Waals surface area (Å²) in [6, 6.07) is 10.7. The van der Waals surface area contributed by atoms with Crippen LogP contribution in [-0.2, 0) is 41.6 Å². The van der Waals surface area contributed by atoms with Gasteiger partial charge in [-0.3, -0.25) is 29.0 Å². The van der Waals surface area contributed by atoms with E-state index in [1.807, 2.05) is 39.8 Å². The number of hydrogen-bond donors (Lipinski definition) is 6. The van der Waals surface area contributed by atoms with E-state index in [1.165, 1.54) is 17.0 Å². The molecule has 2 heterocycles. The van der Waals surface area contributed by atoms with Crippen molar-refractivity contribution in [2.75, 3.05) is 6.54 Å². The van der Waals surface area contributed by atoms with Crippen molar-refractivity contribution in [3.8, 4) is 5.75 Å². The molecule has 0 saturated carbocycles. The second kappa shape index (κ2) is 21.2. The average Bonchev–Trinajstić information content (AvgIpc) is 3.90. The van der Waals surface area contributed by atoms with Gasteiger partial charge in [-0.2, -0.15) is 0 Å². The lowest BCUT2D eigenvalue weighted by Crippen LogP contribution is -2.56. The van der Waals surface area contributed by atoms with E-state index >= 15 is 0 Å². The number of nitrogens with two attached hydrogens (primary N) is 1. The number of Topliss-reactive ketones (excluding diaryl/α,β-unsaturated/α-hetero) is 1. The van der Waals surface area contributed by atoms with Gasteiger partial charge in [0.1, 0.15) is 23.9 Å². The zero-order chi connectivity index (χ0) is 41.6. The van der Waals surface area contributed by atoms with Gasteiger partial charge in [-0.25, -0.2) is 4.79 Å². The second-order valence-electron chi connectivity index (χ2n) is 15.6. The Morgan fingerprint density at radius 2 is 1.56 bits per heavy atom. The summed E-state index contributed by atoms with van der Waals surface area (Å²) in [5, 5.41) is 28.2. The van der Waals surface area contributed by atoms with Crippen molar-refractivity contribution in [2.45, 2.75) is 116 Å². The molecule has 0 aliphatic carbocycles. The molecule has 14 nitrogen and oxygen atoms in total. The fraction of sp³-hybridized carbons (Fsp3) is 0.512. The molecule has 14 heteroatoms. The highest BCUT2D eigenvalue weighted by Crippen LogP contribution is 2.24. The van der Waals surface area contributed by atoms with Crippen LogP contribution < -0.4 is 21.7 Å². The predicted octanol–water partition coefficient (Wildman–Crippen LogP) is 3.45. The monoisotopic (exact) mass is 786 g/mol. The van der Waals surface area contributed by atoms with Crippen molar-refractivity contribution in [3.05, 3.63) is 77.5 Å². The molecule has 1 saturated heterocycles. The number of nitrogens with one attached hydrogen (secondary N) is 3. The minimum Gasteiger partial charge on any atom is -0.508 e. The molecule has 0 radical (unpaired) electrons. The molecule has 4 rings (SSSR count). The molecule has 308 valence electrons. The van der Waals surface area contributed by atoms with Crippen molar-refractivity contribution in [1.29, 1.82) is 0 Å². The highest BCUT2D eigenvalue weighted by atomic mass is 16.4. The van der Waals surface area contributed by atoms with Gasteiger partial charge < -0.3 is 36.8 Å². The highest BCUT2D eigenvalue weighted by molar-refractivity contribution is 5.94. The number of carboxylic acid groups (broad SMARTS) is 1. The zero-order valence-corrected chi connectivity index (χ0v) is 33.4. The summed E-state index contributed by atoms with van der Waals surface area (Å²) in [6.07, 6.45) is 5.67. The van der Waals surface area contributed by atoms with Crippen LogP contribution in [0.3, 0.4) is 0 Å². The van der Waals surface area contributed by atoms with Gasteiger partial charge >= 0.3 is 5.97 Å². The number of carbonyl (C=O) groups excluding carboxylic acids is 5. The Labute approximate surface area is 334 Å². The highest BCUT2D eigenvalue weighted by Gasteiger charge is 2.40. The van der Waals surface area contributed by atoms with Gasteiger partial charge in [0, 0.05) is 62.5 Å². The maximum Gasteiger partial charge on any atom is 0.326 e. The van der Waals surface area contributed by atoms with Crippen molar-refractivity contribution < 1.29 is 39.0 Å². The molecule has 7 atom stereocenters. The van der Waals surface area contributed by atoms with Crippen molar-refractivity contribution in [1.82, 2.24) is 20.9 Å². The summed E-state index contributed by atoms with van der Waals surface area (Å²) < 4.78 is 0. The van der Waals surface area contributed by atoms with E-state index in [9.17, 15) is 39.0 Å². The summed E-state index contributed by atoms with van der Waals surface area (Å²) in [7, 11) is 0. The van der Waals surface area contributed by atoms with Gasteiger partial charge in [0.05, 0.1) is 6.04 Å². The lowest BCUT2D eigenvalue weighted by Gasteiger charge is -2.31. The van der Waals surface area contributed by atoms with Crippen LogP contribution in [0.1, 0.15) is 83.8 Å². The number of aromatic hydroxyl groups is 1. The van der Waals surface area contributed by atoms with Crippen LogP contribution in [0.15, 0.2) is 71.4 Å². The number of phenolic OH excluding ortho intramolecular Hbond substituents is 1. The lowest BCUT2D eigenvalue weighted by molar-refractivity contribution is -0.145. The fourth-order valence-electron chi connectivity index (χ4n) is 7.14. The maximum absolute atomic E-state index is 14.2. The maximum atomic E-state index is 14.2. The first-order valence-corrected chi connectivity index (χ1v) is 19.9. The van der Waals surface area contributed by atoms with Crippen LogP contribution >= 0.6 is 0 Å². The average molecular weight is 787 g/mol. The molecule has 1 fully saturated rings. The van der Waals surface area contributed by atoms with E-state index < -0.39 is 65.7 Å². The van der Waals surface area contributed by atoms with Crippen LogP contribution in [0.25, 0.3) is 0 Å². The normalized spacial score (nSPS) is 18.2. The summed E-state index contributed by atoms with van der Waals surface area (Å²) in [5.74, 6) is -4.45. The molecule has 57 heavy (non-hydrogen) atoms. The van der Waals surface area contributed by atoms with Gasteiger partial charge in [0.15, 0.2) is 5.78 Å². The number of ketones is 1. The first-order valence-electron chi connectivity index (χ1n) is 19.9. The first kappa shape index (κ1) is 44.3. The van der Waals surface area contributed by atoms with E-state index in [0.29, 0.717) is 31.4 Å². The summed E-state index contributed by atoms with van der Waals surface area (Å²) in [5.41, 5.74) is 8.25. The Hall–Kier alpha value is -5.37. The van der Waals surface area contributed by atoms with E-state index in [1.54, 1.807) is 42.6 Å². The SMILES string of the molecule is CCC(C)C(CC(=O)NC(CC1=CCC=N1)C(=O)N1CCCC1C(=O)NC(Cc1ccccc1)C(=O)O)NC(=O)C(CC(=O)C(N)C(C)C)Cc1ccc(O)cc1. The van der Waals surface area contributed by atoms with Crippen LogP contribution in [0.5, 0.6) is 5.75 Å². The Morgan fingerprint density at radius 3 is 2.18 bits per heavy atom. The number of allylic oxidation sites excluding steroid dienone is 1. The third kappa shape index (κ3) is 13.1. The number of benzene rings is 2. The van der Waals surface area contributed by atoms with Crippen molar-refractivity contribution in [2.24, 2.45) is 28.5 Å². The molecule has 7 N–H and O–H groups in total. The Kier molecular flexibility index (Phi) is 16.5. The number of carboxylic acids is 1. The molecule has 2 aromatic rings. The zero-order valence-electron chi connectivity index (χ0n) is 33.4. The molecule has 0 spiro atoms. The standard InChI is InChI=1S/C43H58N6O8/c1-5-27(4)33(47-40(53)30(23-37(51)39(44)26(2)3)21-29-15-17-32(50)18-16-29)25-38(52)46-34(24-31-13-9-19-45-31)42(55)49-20-10-14-36(49)41(54)48-35(43(56)57)22-28-11-7-6-8-12-28/h6-8,11-13,15-19,26-27,30,33-36,39,50H,5,9-10,14,20-25,44H2,1-4H3,(H,46,52)(H,47,53)(H,48,54)(H,56,57). The molecule has 0 aromatic heterocycles. The van der Waals surface area contributed by atoms with Crippen LogP contribution in [0.2, 0.25) is 0 Å². The van der Waals surface area contributed by atoms with E-state index in [4.69, 9.17) is 5.73 Å². The minimum absolute atomic E-state index is 0.0701. The molecular formula is C43H58N6O8. The van der Waals surface area contributed by atoms with Gasteiger partial charge in [-0.1, -0.05) is 82.7 Å². The second-order valence-corrected chi connectivity index (χ2v) is 15.6. The van der Waals surface area contributed by atoms with E-state index in [2.05, 4.69) is 20.9 Å². The molecule has 2 aliphatic heterocycles. The third-order valence-electron chi connectivity index (χ3n) is 10.9. The van der Waals surface area contributed by atoms with Gasteiger partial charge in [0.2, 0.25) is 23.6 Å². The van der Waals surface area contributed by atoms with Gasteiger partial charge in [0.25, 0.3) is 0 Å². The summed E-state index contributed by atoms with van der Waals surface area (Å²) in [4.78, 5) is 86.7. The minimum atomic E-state index is -1.20. The van der Waals surface area contributed by atoms with Crippen molar-refractivity contribution >= 4 is 41.6 Å². The number of carbonyl (C=O) groups is 6. The van der Waals surface area contributed by atoms with Gasteiger partial charge in [-0.05, 0) is 54.4 Å². The van der Waals surface area contributed by atoms with Crippen LogP contribution in [0, 0.1) is 17.8 Å². The first-order chi connectivity index (χ1) is 27.2. The molecule has 4 amide bonds. The number of hydrogen-bond acceptors (Lipinski definition) is 9. The molecule has 2 aliphatic rings. The number of aliphatic imine (C=N–C) groups is 1. The molecule has 0 bridgehead atoms. The lowest BCUT2D eigenvalue weighted by atomic mass is 9.87. The van der Waals surface area contributed by atoms with E-state index in [-0.39, 0.29) is 62.0 Å². The number of likely N-dealkylation sites (tertiary alicyclic amines) is 1. The molecule has 2 aromatic carbocycles. The fourth-order valence-corrected chi connectivity index (χ4v) is 7.14. The Bertz CT molecular complexity index is 1780. The van der Waals surface area contributed by atoms with Crippen molar-refractivity contribution in [3.63, 3.8) is 0 Å². The third-order valence-corrected chi connectivity index (χ3v) is 10.9. The largest absolute Gasteiger partial charge is 0.508 e. The number of phenols is 1. The number of aliphatic carboxylic acids is 1. The smallest absolute Gasteiger partial charge is 0.326 e. The number of amides is 4. The Morgan fingerprint density at radius 1 is 0.877 bits per heavy atom. The topological polar surface area (TPSA) is 221 Å². The summed E-state index contributed by atoms with van der Waals surface area (Å²) >= 11 is 0.